The molecule has 2 aromatic heterocycles. The number of anilines is 1. The minimum absolute atomic E-state index is 0.136. The maximum atomic E-state index is 12.0. The fraction of sp³-hybridized carbons (Fsp3) is 0.357. The van der Waals surface area contributed by atoms with Crippen LogP contribution >= 0.6 is 0 Å². The molecule has 0 spiro atoms. The van der Waals surface area contributed by atoms with E-state index < -0.39 is 0 Å². The van der Waals surface area contributed by atoms with Crippen molar-refractivity contribution in [3.63, 3.8) is 0 Å². The van der Waals surface area contributed by atoms with Crippen molar-refractivity contribution in [3.05, 3.63) is 52.2 Å². The Hall–Kier alpha value is -2.21. The second-order valence-electron chi connectivity index (χ2n) is 4.54. The van der Waals surface area contributed by atoms with Gasteiger partial charge in [-0.2, -0.15) is 5.10 Å². The van der Waals surface area contributed by atoms with Crippen LogP contribution < -0.4 is 16.2 Å². The second-order valence-corrected chi connectivity index (χ2v) is 4.54. The summed E-state index contributed by atoms with van der Waals surface area (Å²) in [5, 5.41) is 10.3. The number of pyridine rings is 1. The number of hydrogen-bond acceptors (Lipinski definition) is 5. The average Bonchev–Trinajstić information content (AvgIpc) is 2.42. The first kappa shape index (κ1) is 14.2. The monoisotopic (exact) mass is 273 g/mol. The molecule has 20 heavy (non-hydrogen) atoms. The summed E-state index contributed by atoms with van der Waals surface area (Å²) in [6, 6.07) is 7.30. The number of likely N-dealkylation sites (N-methyl/N-ethyl adjacent to an activating group) is 1. The van der Waals surface area contributed by atoms with E-state index in [0.717, 1.165) is 30.2 Å². The number of nitrogens with zero attached hydrogens (tertiary/aromatic N) is 3. The van der Waals surface area contributed by atoms with Gasteiger partial charge < -0.3 is 10.6 Å². The fourth-order valence-electron chi connectivity index (χ4n) is 1.82. The van der Waals surface area contributed by atoms with Crippen LogP contribution in [0.25, 0.3) is 0 Å². The second kappa shape index (κ2) is 6.81. The maximum Gasteiger partial charge on any atom is 0.269 e. The first-order chi connectivity index (χ1) is 9.69. The molecule has 0 unspecified atom stereocenters. The normalized spacial score (nSPS) is 10.5. The lowest BCUT2D eigenvalue weighted by Crippen LogP contribution is -2.24. The first-order valence-electron chi connectivity index (χ1n) is 6.57. The third-order valence-electron chi connectivity index (χ3n) is 2.83. The molecule has 0 atom stereocenters. The van der Waals surface area contributed by atoms with Crippen molar-refractivity contribution in [3.8, 4) is 0 Å². The number of nitrogens with one attached hydrogen (secondary N) is 2. The molecule has 0 fully saturated rings. The quantitative estimate of drug-likeness (QED) is 0.755. The lowest BCUT2D eigenvalue weighted by Gasteiger charge is -2.08. The molecule has 2 aromatic rings. The smallest absolute Gasteiger partial charge is 0.269 e. The predicted molar refractivity (Wildman–Crippen MR) is 79.0 cm³/mol. The van der Waals surface area contributed by atoms with Gasteiger partial charge >= 0.3 is 0 Å². The first-order valence-corrected chi connectivity index (χ1v) is 6.57. The van der Waals surface area contributed by atoms with Crippen molar-refractivity contribution in [2.45, 2.75) is 13.5 Å². The summed E-state index contributed by atoms with van der Waals surface area (Å²) in [5.41, 5.74) is 2.36. The minimum atomic E-state index is -0.136. The van der Waals surface area contributed by atoms with Crippen LogP contribution in [0, 0.1) is 6.92 Å². The van der Waals surface area contributed by atoms with E-state index in [1.807, 2.05) is 32.2 Å². The highest BCUT2D eigenvalue weighted by Crippen LogP contribution is 2.01. The Morgan fingerprint density at radius 1 is 1.30 bits per heavy atom. The Morgan fingerprint density at radius 2 is 2.15 bits per heavy atom. The highest BCUT2D eigenvalue weighted by atomic mass is 16.1. The molecule has 0 aliphatic rings. The largest absolute Gasteiger partial charge is 0.382 e. The summed E-state index contributed by atoms with van der Waals surface area (Å²) >= 11 is 0. The van der Waals surface area contributed by atoms with Crippen molar-refractivity contribution in [1.82, 2.24) is 20.1 Å². The lowest BCUT2D eigenvalue weighted by molar-refractivity contribution is 0.627. The van der Waals surface area contributed by atoms with E-state index in [-0.39, 0.29) is 5.56 Å². The van der Waals surface area contributed by atoms with Gasteiger partial charge in [0.1, 0.15) is 0 Å². The fourth-order valence-corrected chi connectivity index (χ4v) is 1.82. The van der Waals surface area contributed by atoms with E-state index in [4.69, 9.17) is 0 Å². The standard InChI is InChI=1S/C14H19N5O/c1-11-4-3-5-12(18-11)10-19-14(20)8-13(9-17-19)16-7-6-15-2/h3-5,8-9,15-16H,6-7,10H2,1-2H3. The number of hydrogen-bond donors (Lipinski definition) is 2. The van der Waals surface area contributed by atoms with Crippen LogP contribution in [0.4, 0.5) is 5.69 Å². The molecule has 0 amide bonds. The molecule has 2 rings (SSSR count). The molecule has 0 saturated carbocycles. The molecule has 0 aliphatic heterocycles. The number of aromatic nitrogens is 3. The number of rotatable bonds is 6. The van der Waals surface area contributed by atoms with E-state index in [0.29, 0.717) is 6.54 Å². The SMILES string of the molecule is CNCCNc1cnn(Cc2cccc(C)n2)c(=O)c1. The van der Waals surface area contributed by atoms with Gasteiger partial charge in [0.2, 0.25) is 0 Å². The summed E-state index contributed by atoms with van der Waals surface area (Å²) in [6.45, 7) is 3.89. The van der Waals surface area contributed by atoms with Crippen molar-refractivity contribution in [2.75, 3.05) is 25.5 Å². The van der Waals surface area contributed by atoms with Crippen molar-refractivity contribution in [1.29, 1.82) is 0 Å². The zero-order chi connectivity index (χ0) is 14.4. The van der Waals surface area contributed by atoms with Gasteiger partial charge in [-0.05, 0) is 26.1 Å². The molecule has 0 saturated heterocycles. The highest BCUT2D eigenvalue weighted by molar-refractivity contribution is 5.38. The third-order valence-corrected chi connectivity index (χ3v) is 2.83. The van der Waals surface area contributed by atoms with Gasteiger partial charge in [0.25, 0.3) is 5.56 Å². The molecule has 0 aromatic carbocycles. The average molecular weight is 273 g/mol. The Balaban J connectivity index is 2.08. The van der Waals surface area contributed by atoms with Crippen LogP contribution in [0.3, 0.4) is 0 Å². The van der Waals surface area contributed by atoms with Crippen LogP contribution in [-0.2, 0) is 6.54 Å². The van der Waals surface area contributed by atoms with Crippen LogP contribution in [0.5, 0.6) is 0 Å². The molecule has 0 aliphatic carbocycles. The Labute approximate surface area is 117 Å². The van der Waals surface area contributed by atoms with E-state index in [9.17, 15) is 4.79 Å². The van der Waals surface area contributed by atoms with Crippen molar-refractivity contribution >= 4 is 5.69 Å². The summed E-state index contributed by atoms with van der Waals surface area (Å²) in [5.74, 6) is 0. The molecule has 0 bridgehead atoms. The molecule has 2 N–H and O–H groups in total. The molecule has 6 nitrogen and oxygen atoms in total. The third kappa shape index (κ3) is 3.89. The molecule has 6 heteroatoms. The van der Waals surface area contributed by atoms with Crippen LogP contribution in [0.2, 0.25) is 0 Å². The molecular formula is C14H19N5O. The van der Waals surface area contributed by atoms with Gasteiger partial charge in [-0.1, -0.05) is 6.07 Å². The van der Waals surface area contributed by atoms with Gasteiger partial charge in [0, 0.05) is 24.8 Å². The molecular weight excluding hydrogens is 254 g/mol. The lowest BCUT2D eigenvalue weighted by atomic mass is 10.3. The van der Waals surface area contributed by atoms with Gasteiger partial charge in [-0.3, -0.25) is 9.78 Å². The zero-order valence-electron chi connectivity index (χ0n) is 11.8. The summed E-state index contributed by atoms with van der Waals surface area (Å²) < 4.78 is 1.41. The minimum Gasteiger partial charge on any atom is -0.382 e. The Kier molecular flexibility index (Phi) is 4.84. The van der Waals surface area contributed by atoms with Crippen LogP contribution in [0.15, 0.2) is 35.3 Å². The zero-order valence-corrected chi connectivity index (χ0v) is 11.8. The van der Waals surface area contributed by atoms with Gasteiger partial charge in [-0.25, -0.2) is 4.68 Å². The molecule has 106 valence electrons. The van der Waals surface area contributed by atoms with Gasteiger partial charge in [0.05, 0.1) is 24.1 Å². The van der Waals surface area contributed by atoms with E-state index in [1.54, 1.807) is 12.3 Å². The topological polar surface area (TPSA) is 71.8 Å². The van der Waals surface area contributed by atoms with E-state index >= 15 is 0 Å². The van der Waals surface area contributed by atoms with E-state index in [2.05, 4.69) is 20.7 Å². The maximum absolute atomic E-state index is 12.0. The molecule has 2 heterocycles. The van der Waals surface area contributed by atoms with Crippen LogP contribution in [-0.4, -0.2) is 34.9 Å². The van der Waals surface area contributed by atoms with Crippen molar-refractivity contribution in [2.24, 2.45) is 0 Å². The number of aryl methyl sites for hydroxylation is 1. The van der Waals surface area contributed by atoms with Crippen LogP contribution in [0.1, 0.15) is 11.4 Å². The summed E-state index contributed by atoms with van der Waals surface area (Å²) in [7, 11) is 1.88. The predicted octanol–water partition coefficient (Wildman–Crippen LogP) is 0.626. The summed E-state index contributed by atoms with van der Waals surface area (Å²) in [4.78, 5) is 16.3. The van der Waals surface area contributed by atoms with Crippen molar-refractivity contribution < 1.29 is 0 Å². The Morgan fingerprint density at radius 3 is 2.85 bits per heavy atom. The van der Waals surface area contributed by atoms with Gasteiger partial charge in [0.15, 0.2) is 0 Å². The highest BCUT2D eigenvalue weighted by Gasteiger charge is 2.02. The molecule has 0 radical (unpaired) electrons. The summed E-state index contributed by atoms with van der Waals surface area (Å²) in [6.07, 6.45) is 1.66. The Bertz CT molecular complexity index is 623. The van der Waals surface area contributed by atoms with Gasteiger partial charge in [-0.15, -0.1) is 0 Å². The van der Waals surface area contributed by atoms with E-state index in [1.165, 1.54) is 4.68 Å².